The first kappa shape index (κ1) is 22.5. The number of tetrazole rings is 1. The number of hydrogen-bond acceptors (Lipinski definition) is 7. The minimum atomic E-state index is -1.27. The van der Waals surface area contributed by atoms with Crippen molar-refractivity contribution in [2.75, 3.05) is 31.5 Å². The fourth-order valence-corrected chi connectivity index (χ4v) is 2.84. The number of alkyl halides is 1. The van der Waals surface area contributed by atoms with Gasteiger partial charge in [-0.05, 0) is 28.6 Å². The molecule has 156 valence electrons. The first-order chi connectivity index (χ1) is 13.9. The van der Waals surface area contributed by atoms with E-state index in [9.17, 15) is 19.5 Å². The number of carbonyl (C=O) groups is 3. The van der Waals surface area contributed by atoms with E-state index in [-0.39, 0.29) is 18.7 Å². The maximum atomic E-state index is 12.6. The Balaban J connectivity index is 2.23. The quantitative estimate of drug-likeness (QED) is 0.513. The number of carbonyl (C=O) groups excluding carboxylic acids is 2. The molecule has 0 aliphatic carbocycles. The standard InChI is InChI=1S/C16H18Cl2N6O5/c1-29-5-4-13(16(27)28)23(15(26)7-17)8-14(25)20-11-6-10(18)2-3-12(11)24-9-19-21-22-24/h2-3,6,9,13H,4-5,7-8H2,1H3,(H,20,25)(H,27,28)/t13-/m0/s1. The van der Waals surface area contributed by atoms with E-state index in [0.29, 0.717) is 10.7 Å². The number of anilines is 1. The Bertz CT molecular complexity index is 863. The van der Waals surface area contributed by atoms with Crippen LogP contribution in [0.1, 0.15) is 6.42 Å². The molecule has 2 rings (SSSR count). The van der Waals surface area contributed by atoms with Crippen LogP contribution in [0.5, 0.6) is 0 Å². The molecule has 13 heteroatoms. The summed E-state index contributed by atoms with van der Waals surface area (Å²) in [4.78, 5) is 37.3. The zero-order chi connectivity index (χ0) is 21.4. The van der Waals surface area contributed by atoms with E-state index in [1.807, 2.05) is 0 Å². The van der Waals surface area contributed by atoms with E-state index in [1.54, 1.807) is 12.1 Å². The van der Waals surface area contributed by atoms with Crippen LogP contribution >= 0.6 is 23.2 Å². The number of nitrogens with one attached hydrogen (secondary N) is 1. The lowest BCUT2D eigenvalue weighted by Crippen LogP contribution is -2.49. The molecule has 1 aromatic carbocycles. The smallest absolute Gasteiger partial charge is 0.326 e. The van der Waals surface area contributed by atoms with Crippen LogP contribution in [0.2, 0.25) is 5.02 Å². The average Bonchev–Trinajstić information content (AvgIpc) is 3.21. The zero-order valence-electron chi connectivity index (χ0n) is 15.3. The van der Waals surface area contributed by atoms with Crippen molar-refractivity contribution in [3.8, 4) is 5.69 Å². The molecular weight excluding hydrogens is 427 g/mol. The first-order valence-electron chi connectivity index (χ1n) is 8.27. The van der Waals surface area contributed by atoms with Crippen molar-refractivity contribution in [1.82, 2.24) is 25.1 Å². The number of carboxylic acid groups (broad SMARTS) is 1. The van der Waals surface area contributed by atoms with Gasteiger partial charge in [0.15, 0.2) is 0 Å². The van der Waals surface area contributed by atoms with Crippen molar-refractivity contribution < 1.29 is 24.2 Å². The zero-order valence-corrected chi connectivity index (χ0v) is 16.8. The van der Waals surface area contributed by atoms with Gasteiger partial charge in [-0.15, -0.1) is 16.7 Å². The number of amides is 2. The average molecular weight is 445 g/mol. The summed E-state index contributed by atoms with van der Waals surface area (Å²) in [5.74, 6) is -3.09. The molecule has 1 aromatic heterocycles. The predicted octanol–water partition coefficient (Wildman–Crippen LogP) is 0.811. The predicted molar refractivity (Wildman–Crippen MR) is 103 cm³/mol. The van der Waals surface area contributed by atoms with E-state index in [0.717, 1.165) is 4.90 Å². The molecule has 2 amide bonds. The monoisotopic (exact) mass is 444 g/mol. The van der Waals surface area contributed by atoms with Crippen LogP contribution in [0.3, 0.4) is 0 Å². The second kappa shape index (κ2) is 10.7. The summed E-state index contributed by atoms with van der Waals surface area (Å²) >= 11 is 11.6. The summed E-state index contributed by atoms with van der Waals surface area (Å²) in [6.07, 6.45) is 1.32. The lowest BCUT2D eigenvalue weighted by atomic mass is 10.1. The van der Waals surface area contributed by atoms with Crippen molar-refractivity contribution >= 4 is 46.7 Å². The first-order valence-corrected chi connectivity index (χ1v) is 9.18. The highest BCUT2D eigenvalue weighted by Crippen LogP contribution is 2.24. The molecule has 0 saturated carbocycles. The van der Waals surface area contributed by atoms with Gasteiger partial charge in [0.1, 0.15) is 24.8 Å². The third kappa shape index (κ3) is 6.11. The molecular formula is C16H18Cl2N6O5. The SMILES string of the molecule is COCC[C@@H](C(=O)O)N(CC(=O)Nc1cc(Cl)ccc1-n1cnnn1)C(=O)CCl. The second-order valence-corrected chi connectivity index (χ2v) is 6.46. The van der Waals surface area contributed by atoms with Crippen LogP contribution in [-0.4, -0.2) is 80.2 Å². The highest BCUT2D eigenvalue weighted by Gasteiger charge is 2.30. The minimum Gasteiger partial charge on any atom is -0.480 e. The number of methoxy groups -OCH3 is 1. The van der Waals surface area contributed by atoms with Crippen molar-refractivity contribution in [2.45, 2.75) is 12.5 Å². The van der Waals surface area contributed by atoms with Crippen molar-refractivity contribution in [3.63, 3.8) is 0 Å². The molecule has 2 aromatic rings. The van der Waals surface area contributed by atoms with Gasteiger partial charge in [-0.1, -0.05) is 11.6 Å². The maximum Gasteiger partial charge on any atom is 0.326 e. The maximum absolute atomic E-state index is 12.6. The molecule has 2 N–H and O–H groups in total. The van der Waals surface area contributed by atoms with Crippen molar-refractivity contribution in [3.05, 3.63) is 29.5 Å². The van der Waals surface area contributed by atoms with Crippen LogP contribution in [0.25, 0.3) is 5.69 Å². The Morgan fingerprint density at radius 1 is 1.38 bits per heavy atom. The fraction of sp³-hybridized carbons (Fsp3) is 0.375. The van der Waals surface area contributed by atoms with E-state index < -0.39 is 36.3 Å². The summed E-state index contributed by atoms with van der Waals surface area (Å²) in [5, 5.41) is 23.2. The minimum absolute atomic E-state index is 0.00518. The molecule has 0 spiro atoms. The van der Waals surface area contributed by atoms with E-state index in [1.165, 1.54) is 24.2 Å². The van der Waals surface area contributed by atoms with Gasteiger partial charge >= 0.3 is 5.97 Å². The molecule has 11 nitrogen and oxygen atoms in total. The molecule has 0 unspecified atom stereocenters. The number of ether oxygens (including phenoxy) is 1. The Labute approximate surface area is 175 Å². The lowest BCUT2D eigenvalue weighted by Gasteiger charge is -2.28. The number of hydrogen-bond donors (Lipinski definition) is 2. The third-order valence-corrected chi connectivity index (χ3v) is 4.30. The summed E-state index contributed by atoms with van der Waals surface area (Å²) < 4.78 is 6.20. The van der Waals surface area contributed by atoms with Crippen molar-refractivity contribution in [1.29, 1.82) is 0 Å². The van der Waals surface area contributed by atoms with Gasteiger partial charge in [0, 0.05) is 25.2 Å². The van der Waals surface area contributed by atoms with E-state index in [4.69, 9.17) is 27.9 Å². The molecule has 29 heavy (non-hydrogen) atoms. The molecule has 0 aliphatic rings. The second-order valence-electron chi connectivity index (χ2n) is 5.75. The molecule has 0 bridgehead atoms. The molecule has 1 atom stereocenters. The topological polar surface area (TPSA) is 140 Å². The number of carboxylic acids is 1. The fourth-order valence-electron chi connectivity index (χ4n) is 2.52. The number of rotatable bonds is 10. The van der Waals surface area contributed by atoms with Crippen LogP contribution in [0.4, 0.5) is 5.69 Å². The molecule has 0 aliphatic heterocycles. The Morgan fingerprint density at radius 3 is 2.72 bits per heavy atom. The highest BCUT2D eigenvalue weighted by molar-refractivity contribution is 6.31. The number of aliphatic carboxylic acids is 1. The highest BCUT2D eigenvalue weighted by atomic mass is 35.5. The number of nitrogens with zero attached hydrogens (tertiary/aromatic N) is 5. The van der Waals surface area contributed by atoms with Crippen LogP contribution < -0.4 is 5.32 Å². The summed E-state index contributed by atoms with van der Waals surface area (Å²) in [7, 11) is 1.40. The Morgan fingerprint density at radius 2 is 2.14 bits per heavy atom. The number of benzene rings is 1. The molecule has 1 heterocycles. The van der Waals surface area contributed by atoms with Gasteiger partial charge < -0.3 is 20.1 Å². The number of halogens is 2. The molecule has 0 radical (unpaired) electrons. The van der Waals surface area contributed by atoms with Gasteiger partial charge in [0.25, 0.3) is 0 Å². The summed E-state index contributed by atoms with van der Waals surface area (Å²) in [6.45, 7) is -0.448. The summed E-state index contributed by atoms with van der Waals surface area (Å²) in [5.41, 5.74) is 0.703. The number of aromatic nitrogens is 4. The van der Waals surface area contributed by atoms with Gasteiger partial charge in [0.05, 0.1) is 11.4 Å². The third-order valence-electron chi connectivity index (χ3n) is 3.83. The normalized spacial score (nSPS) is 11.7. The van der Waals surface area contributed by atoms with Crippen LogP contribution in [0.15, 0.2) is 24.5 Å². The van der Waals surface area contributed by atoms with E-state index >= 15 is 0 Å². The van der Waals surface area contributed by atoms with Gasteiger partial charge in [-0.2, -0.15) is 4.68 Å². The van der Waals surface area contributed by atoms with Gasteiger partial charge in [-0.3, -0.25) is 9.59 Å². The summed E-state index contributed by atoms with van der Waals surface area (Å²) in [6, 6.07) is 3.38. The van der Waals surface area contributed by atoms with Gasteiger partial charge in [0.2, 0.25) is 11.8 Å². The molecule has 0 saturated heterocycles. The Hall–Kier alpha value is -2.76. The largest absolute Gasteiger partial charge is 0.480 e. The van der Waals surface area contributed by atoms with Gasteiger partial charge in [-0.25, -0.2) is 4.79 Å². The van der Waals surface area contributed by atoms with Crippen molar-refractivity contribution in [2.24, 2.45) is 0 Å². The van der Waals surface area contributed by atoms with E-state index in [2.05, 4.69) is 20.8 Å². The van der Waals surface area contributed by atoms with Crippen LogP contribution in [-0.2, 0) is 19.1 Å². The molecule has 0 fully saturated rings. The Kier molecular flexibility index (Phi) is 8.31. The van der Waals surface area contributed by atoms with Crippen LogP contribution in [0, 0.1) is 0 Å². The lowest BCUT2D eigenvalue weighted by molar-refractivity contribution is -0.151.